The molecule has 0 unspecified atom stereocenters. The topological polar surface area (TPSA) is 134 Å². The van der Waals surface area contributed by atoms with Crippen molar-refractivity contribution in [3.05, 3.63) is 91.0 Å². The highest BCUT2D eigenvalue weighted by Crippen LogP contribution is 2.22. The summed E-state index contributed by atoms with van der Waals surface area (Å²) in [5.74, 6) is -0.612. The molecule has 0 radical (unpaired) electrons. The van der Waals surface area contributed by atoms with Gasteiger partial charge in [0.2, 0.25) is 5.56 Å². The Morgan fingerprint density at radius 2 is 1.83 bits per heavy atom. The van der Waals surface area contributed by atoms with Crippen molar-refractivity contribution in [3.8, 4) is 0 Å². The molecule has 0 saturated carbocycles. The van der Waals surface area contributed by atoms with Crippen molar-refractivity contribution in [2.24, 2.45) is 0 Å². The number of nitrogens with two attached hydrogens (primary N) is 1. The van der Waals surface area contributed by atoms with Crippen LogP contribution in [0.25, 0.3) is 0 Å². The van der Waals surface area contributed by atoms with Crippen LogP contribution in [0, 0.1) is 0 Å². The zero-order chi connectivity index (χ0) is 21.7. The highest BCUT2D eigenvalue weighted by molar-refractivity contribution is 6.06. The molecule has 0 aliphatic heterocycles. The van der Waals surface area contributed by atoms with E-state index in [1.165, 1.54) is 27.8 Å². The largest absolute Gasteiger partial charge is 0.383 e. The zero-order valence-electron chi connectivity index (χ0n) is 16.6. The summed E-state index contributed by atoms with van der Waals surface area (Å²) in [6, 6.07) is 11.7. The van der Waals surface area contributed by atoms with Crippen molar-refractivity contribution >= 4 is 17.4 Å². The van der Waals surface area contributed by atoms with Gasteiger partial charge in [-0.3, -0.25) is 28.8 Å². The second-order valence-corrected chi connectivity index (χ2v) is 6.82. The van der Waals surface area contributed by atoms with E-state index in [4.69, 9.17) is 5.73 Å². The van der Waals surface area contributed by atoms with E-state index in [2.05, 4.69) is 9.97 Å². The van der Waals surface area contributed by atoms with E-state index in [0.29, 0.717) is 13.0 Å². The van der Waals surface area contributed by atoms with Gasteiger partial charge in [-0.25, -0.2) is 4.79 Å². The molecule has 9 nitrogen and oxygen atoms in total. The lowest BCUT2D eigenvalue weighted by Crippen LogP contribution is -2.41. The van der Waals surface area contributed by atoms with Crippen LogP contribution in [0.1, 0.15) is 35.7 Å². The first-order chi connectivity index (χ1) is 14.4. The lowest BCUT2D eigenvalue weighted by Gasteiger charge is -2.24. The molecule has 9 heteroatoms. The number of unbranched alkanes of at least 4 members (excludes halogenated alkanes) is 1. The molecule has 0 spiro atoms. The molecule has 4 N–H and O–H groups in total. The highest BCUT2D eigenvalue weighted by atomic mass is 16.2. The quantitative estimate of drug-likeness (QED) is 0.543. The molecule has 1 amide bonds. The molecule has 3 aromatic rings. The molecule has 156 valence electrons. The van der Waals surface area contributed by atoms with Gasteiger partial charge in [-0.2, -0.15) is 0 Å². The molecule has 0 saturated heterocycles. The Kier molecular flexibility index (Phi) is 6.31. The Hall–Kier alpha value is -3.88. The summed E-state index contributed by atoms with van der Waals surface area (Å²) in [7, 11) is 0. The normalized spacial score (nSPS) is 10.7. The summed E-state index contributed by atoms with van der Waals surface area (Å²) in [6.45, 7) is 2.34. The maximum atomic E-state index is 13.3. The summed E-state index contributed by atoms with van der Waals surface area (Å²) in [4.78, 5) is 55.6. The van der Waals surface area contributed by atoms with Crippen LogP contribution in [0.2, 0.25) is 0 Å². The number of aromatic nitrogens is 3. The fraction of sp³-hybridized carbons (Fsp3) is 0.238. The first-order valence-electron chi connectivity index (χ1n) is 9.59. The number of hydrogen-bond donors (Lipinski definition) is 3. The summed E-state index contributed by atoms with van der Waals surface area (Å²) in [5, 5.41) is 0. The van der Waals surface area contributed by atoms with Crippen molar-refractivity contribution in [1.29, 1.82) is 0 Å². The number of nitrogens with one attached hydrogen (secondary N) is 2. The van der Waals surface area contributed by atoms with Gasteiger partial charge in [0.25, 0.3) is 11.5 Å². The van der Waals surface area contributed by atoms with Crippen LogP contribution in [0.5, 0.6) is 0 Å². The minimum atomic E-state index is -0.751. The van der Waals surface area contributed by atoms with Crippen molar-refractivity contribution in [1.82, 2.24) is 14.5 Å². The summed E-state index contributed by atoms with van der Waals surface area (Å²) in [6.07, 6.45) is 2.78. The van der Waals surface area contributed by atoms with E-state index >= 15 is 0 Å². The lowest BCUT2D eigenvalue weighted by molar-refractivity contribution is 0.0984. The number of H-pyrrole nitrogens is 2. The number of pyridine rings is 1. The lowest BCUT2D eigenvalue weighted by atomic mass is 10.1. The molecule has 2 aromatic heterocycles. The molecule has 0 atom stereocenters. The Morgan fingerprint density at radius 3 is 2.47 bits per heavy atom. The number of nitrogen functional groups attached to an aromatic ring is 1. The van der Waals surface area contributed by atoms with Gasteiger partial charge in [0.05, 0.1) is 12.1 Å². The van der Waals surface area contributed by atoms with E-state index in [1.807, 2.05) is 37.3 Å². The van der Waals surface area contributed by atoms with Crippen LogP contribution in [0.3, 0.4) is 0 Å². The number of carbonyl (C=O) groups excluding carboxylic acids is 1. The van der Waals surface area contributed by atoms with Gasteiger partial charge >= 0.3 is 5.69 Å². The number of nitrogens with zero attached hydrogens (tertiary/aromatic N) is 2. The predicted molar refractivity (Wildman–Crippen MR) is 115 cm³/mol. The SMILES string of the molecule is CCCCn1c(N)c(N(Cc2ccccc2)C(=O)c2ccc(=O)[nH]c2)c(=O)[nH]c1=O. The number of benzene rings is 1. The van der Waals surface area contributed by atoms with E-state index in [9.17, 15) is 19.2 Å². The second kappa shape index (κ2) is 9.08. The molecule has 2 heterocycles. The van der Waals surface area contributed by atoms with Crippen LogP contribution in [-0.2, 0) is 13.1 Å². The maximum Gasteiger partial charge on any atom is 0.330 e. The van der Waals surface area contributed by atoms with Gasteiger partial charge in [-0.15, -0.1) is 0 Å². The van der Waals surface area contributed by atoms with Crippen molar-refractivity contribution in [3.63, 3.8) is 0 Å². The van der Waals surface area contributed by atoms with Crippen molar-refractivity contribution < 1.29 is 4.79 Å². The van der Waals surface area contributed by atoms with Crippen molar-refractivity contribution in [2.75, 3.05) is 10.6 Å². The monoisotopic (exact) mass is 409 g/mol. The van der Waals surface area contributed by atoms with Gasteiger partial charge in [0.1, 0.15) is 5.82 Å². The Bertz CT molecular complexity index is 1190. The highest BCUT2D eigenvalue weighted by Gasteiger charge is 2.25. The van der Waals surface area contributed by atoms with Crippen LogP contribution >= 0.6 is 0 Å². The van der Waals surface area contributed by atoms with Crippen LogP contribution < -0.4 is 27.4 Å². The fourth-order valence-corrected chi connectivity index (χ4v) is 3.09. The van der Waals surface area contributed by atoms with Gasteiger partial charge in [-0.05, 0) is 18.1 Å². The number of hydrogen-bond acceptors (Lipinski definition) is 5. The standard InChI is InChI=1S/C21H23N5O4/c1-2-3-11-25-18(22)17(19(28)24-21(25)30)26(13-14-7-5-4-6-8-14)20(29)15-9-10-16(27)23-12-15/h4-10,12H,2-3,11,13,22H2,1H3,(H,23,27)(H,24,28,30). The van der Waals surface area contributed by atoms with Gasteiger partial charge in [0, 0.05) is 18.8 Å². The Morgan fingerprint density at radius 1 is 1.10 bits per heavy atom. The van der Waals surface area contributed by atoms with Crippen LogP contribution in [0.4, 0.5) is 11.5 Å². The first-order valence-corrected chi connectivity index (χ1v) is 9.59. The summed E-state index contributed by atoms with van der Waals surface area (Å²) >= 11 is 0. The van der Waals surface area contributed by atoms with Gasteiger partial charge in [0.15, 0.2) is 5.69 Å². The molecule has 0 aliphatic carbocycles. The maximum absolute atomic E-state index is 13.3. The third kappa shape index (κ3) is 4.40. The number of anilines is 2. The third-order valence-electron chi connectivity index (χ3n) is 4.68. The summed E-state index contributed by atoms with van der Waals surface area (Å²) < 4.78 is 1.26. The minimum absolute atomic E-state index is 0.0536. The molecular formula is C21H23N5O4. The number of amides is 1. The summed E-state index contributed by atoms with van der Waals surface area (Å²) in [5.41, 5.74) is 5.32. The molecule has 30 heavy (non-hydrogen) atoms. The van der Waals surface area contributed by atoms with Crippen LogP contribution in [-0.4, -0.2) is 20.4 Å². The Labute approximate surface area is 171 Å². The molecular weight excluding hydrogens is 386 g/mol. The van der Waals surface area contributed by atoms with Crippen molar-refractivity contribution in [2.45, 2.75) is 32.9 Å². The molecule has 0 bridgehead atoms. The molecule has 3 rings (SSSR count). The zero-order valence-corrected chi connectivity index (χ0v) is 16.6. The smallest absolute Gasteiger partial charge is 0.330 e. The van der Waals surface area contributed by atoms with E-state index in [0.717, 1.165) is 12.0 Å². The van der Waals surface area contributed by atoms with E-state index < -0.39 is 17.2 Å². The predicted octanol–water partition coefficient (Wildman–Crippen LogP) is 1.45. The minimum Gasteiger partial charge on any atom is -0.383 e. The number of carbonyl (C=O) groups is 1. The second-order valence-electron chi connectivity index (χ2n) is 6.82. The Balaban J connectivity index is 2.15. The number of aromatic amines is 2. The van der Waals surface area contributed by atoms with Gasteiger partial charge in [-0.1, -0.05) is 43.7 Å². The van der Waals surface area contributed by atoms with E-state index in [-0.39, 0.29) is 29.2 Å². The third-order valence-corrected chi connectivity index (χ3v) is 4.68. The average Bonchev–Trinajstić information content (AvgIpc) is 2.73. The van der Waals surface area contributed by atoms with Crippen LogP contribution in [0.15, 0.2) is 63.0 Å². The fourth-order valence-electron chi connectivity index (χ4n) is 3.09. The van der Waals surface area contributed by atoms with Gasteiger partial charge < -0.3 is 10.7 Å². The number of rotatable bonds is 7. The molecule has 0 aliphatic rings. The van der Waals surface area contributed by atoms with E-state index in [1.54, 1.807) is 0 Å². The average molecular weight is 409 g/mol. The molecule has 1 aromatic carbocycles. The molecule has 0 fully saturated rings. The first kappa shape index (κ1) is 20.8.